The lowest BCUT2D eigenvalue weighted by atomic mass is 9.78. The van der Waals surface area contributed by atoms with Crippen molar-refractivity contribution in [3.05, 3.63) is 35.4 Å². The monoisotopic (exact) mass is 578 g/mol. The molecule has 2 aliphatic rings. The molecule has 2 aliphatic carbocycles. The second-order valence-corrected chi connectivity index (χ2v) is 11.4. The van der Waals surface area contributed by atoms with Crippen LogP contribution in [0.15, 0.2) is 18.2 Å². The Morgan fingerprint density at radius 2 is 1.73 bits per heavy atom. The third-order valence-corrected chi connectivity index (χ3v) is 7.79. The summed E-state index contributed by atoms with van der Waals surface area (Å²) in [5, 5.41) is 23.3. The minimum Gasteiger partial charge on any atom is -0.475 e. The largest absolute Gasteiger partial charge is 0.490 e. The van der Waals surface area contributed by atoms with Crippen LogP contribution in [0.3, 0.4) is 0 Å². The van der Waals surface area contributed by atoms with Gasteiger partial charge in [-0.2, -0.15) is 13.2 Å². The molecule has 1 aromatic heterocycles. The molecule has 2 unspecified atom stereocenters. The van der Waals surface area contributed by atoms with Gasteiger partial charge in [0.2, 0.25) is 5.92 Å². The van der Waals surface area contributed by atoms with Gasteiger partial charge in [0.15, 0.2) is 5.82 Å². The van der Waals surface area contributed by atoms with Crippen molar-refractivity contribution < 1.29 is 36.2 Å². The molecule has 40 heavy (non-hydrogen) atoms. The molecule has 0 spiro atoms. The van der Waals surface area contributed by atoms with Gasteiger partial charge >= 0.3 is 12.1 Å². The van der Waals surface area contributed by atoms with Crippen LogP contribution in [0.25, 0.3) is 0 Å². The van der Waals surface area contributed by atoms with Crippen LogP contribution < -0.4 is 10.2 Å². The van der Waals surface area contributed by atoms with Gasteiger partial charge in [-0.25, -0.2) is 22.6 Å². The van der Waals surface area contributed by atoms with Gasteiger partial charge < -0.3 is 10.0 Å². The number of hydrogen-bond acceptors (Lipinski definition) is 6. The molecule has 0 amide bonds. The number of alkyl halides is 5. The van der Waals surface area contributed by atoms with Crippen LogP contribution >= 0.6 is 0 Å². The lowest BCUT2D eigenvalue weighted by Crippen LogP contribution is -2.40. The molecule has 14 heteroatoms. The molecule has 2 atom stereocenters. The van der Waals surface area contributed by atoms with E-state index in [9.17, 15) is 26.3 Å². The number of nitrogens with zero attached hydrogens (tertiary/aromatic N) is 5. The topological polar surface area (TPSA) is 96.2 Å². The minimum absolute atomic E-state index is 0.154. The molecule has 2 aromatic rings. The lowest BCUT2D eigenvalue weighted by molar-refractivity contribution is -0.192. The Morgan fingerprint density at radius 3 is 2.23 bits per heavy atom. The molecule has 0 saturated heterocycles. The maximum Gasteiger partial charge on any atom is 0.490 e. The number of carbonyl (C=O) groups is 1. The van der Waals surface area contributed by atoms with E-state index in [-0.39, 0.29) is 42.2 Å². The summed E-state index contributed by atoms with van der Waals surface area (Å²) in [5.74, 6) is -4.49. The van der Waals surface area contributed by atoms with Crippen molar-refractivity contribution in [2.75, 3.05) is 19.0 Å². The average molecular weight is 579 g/mol. The van der Waals surface area contributed by atoms with Gasteiger partial charge in [0.25, 0.3) is 0 Å². The molecule has 4 rings (SSSR count). The number of rotatable bonds is 8. The zero-order valence-electron chi connectivity index (χ0n) is 23.1. The van der Waals surface area contributed by atoms with E-state index in [4.69, 9.17) is 9.90 Å². The van der Waals surface area contributed by atoms with E-state index in [1.54, 1.807) is 10.7 Å². The standard InChI is InChI=1S/C24H35F3N6.C2HF3O2/c1-15(20-18(25)7-6-8-19(20)32(4)5)28-21(23(2,3)16-9-10-16)22-29-30-31-33(22)17-11-13-24(26,27)14-12-17;3-2(4,5)1(6)7/h6-8,15-17,21,28H,9-14H2,1-5H3;(H,6,7). The second kappa shape index (κ2) is 11.9. The lowest BCUT2D eigenvalue weighted by Gasteiger charge is -2.38. The van der Waals surface area contributed by atoms with Crippen LogP contribution in [-0.4, -0.2) is 57.5 Å². The predicted molar refractivity (Wildman–Crippen MR) is 135 cm³/mol. The van der Waals surface area contributed by atoms with Crippen molar-refractivity contribution in [2.24, 2.45) is 11.3 Å². The van der Waals surface area contributed by atoms with Gasteiger partial charge in [-0.3, -0.25) is 5.32 Å². The van der Waals surface area contributed by atoms with Crippen LogP contribution in [0.1, 0.15) is 88.8 Å². The summed E-state index contributed by atoms with van der Waals surface area (Å²) >= 11 is 0. The maximum atomic E-state index is 15.0. The van der Waals surface area contributed by atoms with E-state index in [2.05, 4.69) is 34.7 Å². The Kier molecular flexibility index (Phi) is 9.42. The highest BCUT2D eigenvalue weighted by atomic mass is 19.4. The van der Waals surface area contributed by atoms with E-state index >= 15 is 0 Å². The SMILES string of the molecule is CC(NC(c1nnnn1C1CCC(F)(F)CC1)C(C)(C)C1CC1)c1c(F)cccc1N(C)C.O=C(O)C(F)(F)F. The van der Waals surface area contributed by atoms with E-state index in [1.165, 1.54) is 6.07 Å². The number of aliphatic carboxylic acids is 1. The summed E-state index contributed by atoms with van der Waals surface area (Å²) in [6.45, 7) is 6.34. The van der Waals surface area contributed by atoms with Gasteiger partial charge in [-0.15, -0.1) is 5.10 Å². The number of tetrazole rings is 1. The highest BCUT2D eigenvalue weighted by molar-refractivity contribution is 5.73. The van der Waals surface area contributed by atoms with Crippen LogP contribution in [0.5, 0.6) is 0 Å². The van der Waals surface area contributed by atoms with Crippen LogP contribution in [0.2, 0.25) is 0 Å². The molecule has 2 saturated carbocycles. The molecular weight excluding hydrogens is 542 g/mol. The fourth-order valence-electron chi connectivity index (χ4n) is 5.28. The van der Waals surface area contributed by atoms with Gasteiger partial charge in [0.1, 0.15) is 5.82 Å². The molecule has 8 nitrogen and oxygen atoms in total. The van der Waals surface area contributed by atoms with Crippen molar-refractivity contribution >= 4 is 11.7 Å². The molecule has 0 bridgehead atoms. The number of halogens is 6. The Balaban J connectivity index is 0.000000559. The summed E-state index contributed by atoms with van der Waals surface area (Å²) in [4.78, 5) is 10.8. The summed E-state index contributed by atoms with van der Waals surface area (Å²) in [7, 11) is 3.80. The first-order valence-electron chi connectivity index (χ1n) is 13.1. The van der Waals surface area contributed by atoms with Crippen molar-refractivity contribution in [3.63, 3.8) is 0 Å². The third kappa shape index (κ3) is 7.43. The Morgan fingerprint density at radius 1 is 1.15 bits per heavy atom. The molecule has 2 fully saturated rings. The summed E-state index contributed by atoms with van der Waals surface area (Å²) in [5.41, 5.74) is 1.21. The second-order valence-electron chi connectivity index (χ2n) is 11.4. The maximum absolute atomic E-state index is 15.0. The highest BCUT2D eigenvalue weighted by Crippen LogP contribution is 2.52. The predicted octanol–water partition coefficient (Wildman–Crippen LogP) is 6.09. The van der Waals surface area contributed by atoms with E-state index in [0.29, 0.717) is 30.1 Å². The molecule has 0 radical (unpaired) electrons. The third-order valence-electron chi connectivity index (χ3n) is 7.79. The molecule has 2 N–H and O–H groups in total. The van der Waals surface area contributed by atoms with Gasteiger partial charge in [0.05, 0.1) is 12.1 Å². The zero-order chi connectivity index (χ0) is 30.0. The van der Waals surface area contributed by atoms with Gasteiger partial charge in [-0.05, 0) is 66.5 Å². The van der Waals surface area contributed by atoms with E-state index in [1.807, 2.05) is 32.0 Å². The quantitative estimate of drug-likeness (QED) is 0.366. The van der Waals surface area contributed by atoms with Crippen molar-refractivity contribution in [1.82, 2.24) is 25.5 Å². The van der Waals surface area contributed by atoms with Gasteiger partial charge in [-0.1, -0.05) is 19.9 Å². The summed E-state index contributed by atoms with van der Waals surface area (Å²) in [6.07, 6.45) is -2.46. The highest BCUT2D eigenvalue weighted by Gasteiger charge is 2.47. The average Bonchev–Trinajstić information content (AvgIpc) is 3.61. The van der Waals surface area contributed by atoms with Crippen molar-refractivity contribution in [1.29, 1.82) is 0 Å². The van der Waals surface area contributed by atoms with E-state index < -0.39 is 18.1 Å². The van der Waals surface area contributed by atoms with Crippen LogP contribution in [0, 0.1) is 17.2 Å². The number of nitrogens with one attached hydrogen (secondary N) is 1. The van der Waals surface area contributed by atoms with Crippen molar-refractivity contribution in [3.8, 4) is 0 Å². The molecule has 1 heterocycles. The Hall–Kier alpha value is -2.90. The van der Waals surface area contributed by atoms with E-state index in [0.717, 1.165) is 18.5 Å². The first-order valence-corrected chi connectivity index (χ1v) is 13.1. The number of aromatic nitrogens is 4. The van der Waals surface area contributed by atoms with Gasteiger partial charge in [0, 0.05) is 44.2 Å². The number of carboxylic acids is 1. The minimum atomic E-state index is -5.08. The fraction of sp³-hybridized carbons (Fsp3) is 0.692. The number of hydrogen-bond donors (Lipinski definition) is 2. The zero-order valence-corrected chi connectivity index (χ0v) is 23.1. The Labute approximate surface area is 229 Å². The summed E-state index contributed by atoms with van der Waals surface area (Å²) in [6, 6.07) is 4.37. The fourth-order valence-corrected chi connectivity index (χ4v) is 5.28. The Bertz CT molecular complexity index is 1150. The molecule has 1 aromatic carbocycles. The van der Waals surface area contributed by atoms with Crippen molar-refractivity contribution in [2.45, 2.75) is 89.5 Å². The molecular formula is C26H36F6N6O2. The summed E-state index contributed by atoms with van der Waals surface area (Å²) < 4.78 is 76.0. The number of anilines is 1. The van der Waals surface area contributed by atoms with Crippen LogP contribution in [0.4, 0.5) is 32.0 Å². The molecule has 224 valence electrons. The molecule has 0 aliphatic heterocycles. The van der Waals surface area contributed by atoms with Crippen LogP contribution in [-0.2, 0) is 4.79 Å². The number of carboxylic acid groups (broad SMARTS) is 1. The number of benzene rings is 1. The normalized spacial score (nSPS) is 19.4. The first-order chi connectivity index (χ1) is 18.5. The first kappa shape index (κ1) is 31.6. The smallest absolute Gasteiger partial charge is 0.475 e.